The highest BCUT2D eigenvalue weighted by Crippen LogP contribution is 2.30. The van der Waals surface area contributed by atoms with Crippen molar-refractivity contribution in [1.82, 2.24) is 4.98 Å². The second-order valence-corrected chi connectivity index (χ2v) is 4.62. The maximum atomic E-state index is 11.0. The lowest BCUT2D eigenvalue weighted by molar-refractivity contribution is 0.0691. The lowest BCUT2D eigenvalue weighted by atomic mass is 10.2. The van der Waals surface area contributed by atoms with Crippen LogP contribution in [0.4, 0.5) is 0 Å². The summed E-state index contributed by atoms with van der Waals surface area (Å²) in [4.78, 5) is 13.9. The predicted octanol–water partition coefficient (Wildman–Crippen LogP) is 3.97. The summed E-state index contributed by atoms with van der Waals surface area (Å²) >= 11 is 0. The van der Waals surface area contributed by atoms with E-state index in [0.717, 1.165) is 22.2 Å². The summed E-state index contributed by atoms with van der Waals surface area (Å²) < 4.78 is 5.83. The van der Waals surface area contributed by atoms with Crippen LogP contribution in [0.2, 0.25) is 0 Å². The number of aromatic nitrogens is 1. The summed E-state index contributed by atoms with van der Waals surface area (Å²) in [7, 11) is 0. The minimum absolute atomic E-state index is 0.153. The number of carbonyl (C=O) groups is 1. The fraction of sp³-hybridized carbons (Fsp3) is 0.0625. The van der Waals surface area contributed by atoms with Crippen molar-refractivity contribution in [2.75, 3.05) is 0 Å². The molecule has 0 atom stereocenters. The first-order chi connectivity index (χ1) is 9.63. The summed E-state index contributed by atoms with van der Waals surface area (Å²) in [6.45, 7) is 2.01. The van der Waals surface area contributed by atoms with Crippen LogP contribution in [-0.4, -0.2) is 16.1 Å². The number of aromatic amines is 1. The van der Waals surface area contributed by atoms with Crippen molar-refractivity contribution < 1.29 is 14.6 Å². The van der Waals surface area contributed by atoms with E-state index in [-0.39, 0.29) is 5.69 Å². The van der Waals surface area contributed by atoms with Gasteiger partial charge in [-0.05, 0) is 37.3 Å². The normalized spacial score (nSPS) is 10.7. The number of H-pyrrole nitrogens is 1. The number of rotatable bonds is 3. The summed E-state index contributed by atoms with van der Waals surface area (Å²) in [6.07, 6.45) is 0. The van der Waals surface area contributed by atoms with Gasteiger partial charge in [0.15, 0.2) is 0 Å². The van der Waals surface area contributed by atoms with E-state index in [9.17, 15) is 4.79 Å². The van der Waals surface area contributed by atoms with Gasteiger partial charge in [-0.2, -0.15) is 0 Å². The summed E-state index contributed by atoms with van der Waals surface area (Å²) in [5.74, 6) is 0.374. The molecule has 0 amide bonds. The molecule has 0 radical (unpaired) electrons. The Balaban J connectivity index is 2.02. The zero-order valence-corrected chi connectivity index (χ0v) is 10.9. The van der Waals surface area contributed by atoms with Crippen LogP contribution in [0, 0.1) is 6.92 Å². The third-order valence-electron chi connectivity index (χ3n) is 3.10. The van der Waals surface area contributed by atoms with Crippen LogP contribution in [0.25, 0.3) is 10.9 Å². The molecule has 4 nitrogen and oxygen atoms in total. The van der Waals surface area contributed by atoms with Crippen LogP contribution in [0.3, 0.4) is 0 Å². The van der Waals surface area contributed by atoms with Crippen molar-refractivity contribution in [3.8, 4) is 11.5 Å². The van der Waals surface area contributed by atoms with E-state index in [1.807, 2.05) is 49.4 Å². The highest BCUT2D eigenvalue weighted by Gasteiger charge is 2.11. The molecule has 2 aromatic carbocycles. The van der Waals surface area contributed by atoms with Gasteiger partial charge in [-0.15, -0.1) is 0 Å². The number of aromatic carboxylic acids is 1. The quantitative estimate of drug-likeness (QED) is 0.754. The van der Waals surface area contributed by atoms with Crippen LogP contribution in [-0.2, 0) is 0 Å². The first kappa shape index (κ1) is 12.3. The molecule has 4 heteroatoms. The first-order valence-electron chi connectivity index (χ1n) is 6.23. The molecular weight excluding hydrogens is 254 g/mol. The number of aryl methyl sites for hydroxylation is 1. The predicted molar refractivity (Wildman–Crippen MR) is 76.5 cm³/mol. The van der Waals surface area contributed by atoms with Crippen LogP contribution >= 0.6 is 0 Å². The summed E-state index contributed by atoms with van der Waals surface area (Å²) in [6, 6.07) is 14.8. The molecule has 1 aromatic heterocycles. The molecule has 0 fully saturated rings. The molecule has 0 unspecified atom stereocenters. The minimum Gasteiger partial charge on any atom is -0.477 e. The van der Waals surface area contributed by atoms with Crippen molar-refractivity contribution in [2.45, 2.75) is 6.92 Å². The van der Waals surface area contributed by atoms with Gasteiger partial charge in [0.05, 0.1) is 0 Å². The Kier molecular flexibility index (Phi) is 2.91. The Morgan fingerprint density at radius 2 is 1.90 bits per heavy atom. The largest absolute Gasteiger partial charge is 0.477 e. The van der Waals surface area contributed by atoms with Crippen LogP contribution in [0.5, 0.6) is 11.5 Å². The first-order valence-corrected chi connectivity index (χ1v) is 6.23. The average Bonchev–Trinajstić information content (AvgIpc) is 2.87. The van der Waals surface area contributed by atoms with Gasteiger partial charge in [-0.3, -0.25) is 0 Å². The second kappa shape index (κ2) is 4.74. The van der Waals surface area contributed by atoms with Crippen LogP contribution in [0.15, 0.2) is 48.5 Å². The van der Waals surface area contributed by atoms with Crippen molar-refractivity contribution in [2.24, 2.45) is 0 Å². The molecule has 0 saturated carbocycles. The highest BCUT2D eigenvalue weighted by molar-refractivity contribution is 5.96. The van der Waals surface area contributed by atoms with E-state index in [1.54, 1.807) is 6.07 Å². The molecule has 1 heterocycles. The fourth-order valence-corrected chi connectivity index (χ4v) is 2.06. The molecule has 0 aliphatic carbocycles. The Hall–Kier alpha value is -2.75. The summed E-state index contributed by atoms with van der Waals surface area (Å²) in [5, 5.41) is 9.78. The lowest BCUT2D eigenvalue weighted by Gasteiger charge is -2.07. The van der Waals surface area contributed by atoms with Crippen molar-refractivity contribution in [3.05, 3.63) is 59.8 Å². The molecule has 3 aromatic rings. The van der Waals surface area contributed by atoms with Gasteiger partial charge in [0, 0.05) is 10.9 Å². The molecule has 2 N–H and O–H groups in total. The molecule has 20 heavy (non-hydrogen) atoms. The third kappa shape index (κ3) is 2.23. The zero-order valence-electron chi connectivity index (χ0n) is 10.9. The van der Waals surface area contributed by atoms with E-state index in [4.69, 9.17) is 9.84 Å². The van der Waals surface area contributed by atoms with E-state index in [2.05, 4.69) is 4.98 Å². The van der Waals surface area contributed by atoms with E-state index < -0.39 is 5.97 Å². The van der Waals surface area contributed by atoms with E-state index in [0.29, 0.717) is 5.75 Å². The van der Waals surface area contributed by atoms with E-state index >= 15 is 0 Å². The average molecular weight is 267 g/mol. The number of ether oxygens (including phenoxy) is 1. The third-order valence-corrected chi connectivity index (χ3v) is 3.10. The molecule has 0 saturated heterocycles. The molecule has 0 bridgehead atoms. The van der Waals surface area contributed by atoms with Gasteiger partial charge < -0.3 is 14.8 Å². The monoisotopic (exact) mass is 267 g/mol. The van der Waals surface area contributed by atoms with Crippen LogP contribution in [0.1, 0.15) is 16.1 Å². The number of hydrogen-bond donors (Lipinski definition) is 2. The Morgan fingerprint density at radius 1 is 1.15 bits per heavy atom. The standard InChI is InChI=1S/C16H13NO3/c1-10-5-7-11(8-6-10)20-15-4-2-3-13-12(15)9-14(17-13)16(18)19/h2-9,17H,1H3,(H,18,19). The van der Waals surface area contributed by atoms with E-state index in [1.165, 1.54) is 0 Å². The van der Waals surface area contributed by atoms with Gasteiger partial charge >= 0.3 is 5.97 Å². The molecule has 100 valence electrons. The maximum Gasteiger partial charge on any atom is 0.352 e. The van der Waals surface area contributed by atoms with Gasteiger partial charge in [0.25, 0.3) is 0 Å². The number of nitrogens with one attached hydrogen (secondary N) is 1. The Labute approximate surface area is 115 Å². The molecular formula is C16H13NO3. The van der Waals surface area contributed by atoms with Gasteiger partial charge in [0.2, 0.25) is 0 Å². The molecule has 0 aliphatic rings. The molecule has 3 rings (SSSR count). The maximum absolute atomic E-state index is 11.0. The number of benzene rings is 2. The smallest absolute Gasteiger partial charge is 0.352 e. The van der Waals surface area contributed by atoms with Crippen LogP contribution < -0.4 is 4.74 Å². The SMILES string of the molecule is Cc1ccc(Oc2cccc3[nH]c(C(=O)O)cc23)cc1. The van der Waals surface area contributed by atoms with Crippen molar-refractivity contribution >= 4 is 16.9 Å². The topological polar surface area (TPSA) is 62.3 Å². The second-order valence-electron chi connectivity index (χ2n) is 4.62. The number of carboxylic acids is 1. The summed E-state index contributed by atoms with van der Waals surface area (Å²) in [5.41, 5.74) is 2.05. The Morgan fingerprint density at radius 3 is 2.60 bits per heavy atom. The molecule has 0 aliphatic heterocycles. The number of fused-ring (bicyclic) bond motifs is 1. The minimum atomic E-state index is -0.984. The molecule has 0 spiro atoms. The lowest BCUT2D eigenvalue weighted by Crippen LogP contribution is -1.94. The number of carboxylic acid groups (broad SMARTS) is 1. The van der Waals surface area contributed by atoms with Gasteiger partial charge in [-0.25, -0.2) is 4.79 Å². The zero-order chi connectivity index (χ0) is 14.1. The fourth-order valence-electron chi connectivity index (χ4n) is 2.06. The van der Waals surface area contributed by atoms with Crippen molar-refractivity contribution in [3.63, 3.8) is 0 Å². The van der Waals surface area contributed by atoms with Crippen molar-refractivity contribution in [1.29, 1.82) is 0 Å². The number of hydrogen-bond acceptors (Lipinski definition) is 2. The van der Waals surface area contributed by atoms with Gasteiger partial charge in [-0.1, -0.05) is 23.8 Å². The highest BCUT2D eigenvalue weighted by atomic mass is 16.5. The van der Waals surface area contributed by atoms with Gasteiger partial charge in [0.1, 0.15) is 17.2 Å². The Bertz CT molecular complexity index is 772.